The summed E-state index contributed by atoms with van der Waals surface area (Å²) < 4.78 is 37.2. The van der Waals surface area contributed by atoms with Crippen molar-refractivity contribution in [2.75, 3.05) is 24.9 Å². The molecule has 0 saturated heterocycles. The monoisotopic (exact) mass is 385 g/mol. The van der Waals surface area contributed by atoms with Gasteiger partial charge < -0.3 is 20.1 Å². The highest BCUT2D eigenvalue weighted by Crippen LogP contribution is 2.31. The van der Waals surface area contributed by atoms with Gasteiger partial charge in [-0.3, -0.25) is 9.78 Å². The number of pyridine rings is 1. The molecule has 0 spiro atoms. The first-order valence-electron chi connectivity index (χ1n) is 8.20. The highest BCUT2D eigenvalue weighted by Gasteiger charge is 2.12. The van der Waals surface area contributed by atoms with Gasteiger partial charge in [-0.1, -0.05) is 0 Å². The van der Waals surface area contributed by atoms with Gasteiger partial charge in [-0.25, -0.2) is 8.78 Å². The Labute approximate surface area is 160 Å². The number of halogens is 2. The molecule has 3 aromatic rings. The lowest BCUT2D eigenvalue weighted by Crippen LogP contribution is -2.13. The summed E-state index contributed by atoms with van der Waals surface area (Å²) in [6, 6.07) is 9.69. The second kappa shape index (κ2) is 8.34. The van der Waals surface area contributed by atoms with Gasteiger partial charge in [0, 0.05) is 18.3 Å². The van der Waals surface area contributed by atoms with Crippen LogP contribution < -0.4 is 20.1 Å². The van der Waals surface area contributed by atoms with E-state index in [1.165, 1.54) is 19.5 Å². The number of carbonyl (C=O) groups is 1. The van der Waals surface area contributed by atoms with Crippen molar-refractivity contribution in [2.45, 2.75) is 0 Å². The number of methoxy groups -OCH3 is 2. The van der Waals surface area contributed by atoms with Gasteiger partial charge in [-0.2, -0.15) is 0 Å². The van der Waals surface area contributed by atoms with Gasteiger partial charge in [0.2, 0.25) is 0 Å². The molecule has 6 nitrogen and oxygen atoms in total. The highest BCUT2D eigenvalue weighted by molar-refractivity contribution is 6.04. The lowest BCUT2D eigenvalue weighted by molar-refractivity contribution is 0.102. The van der Waals surface area contributed by atoms with E-state index in [1.54, 1.807) is 31.4 Å². The number of rotatable bonds is 6. The number of carbonyl (C=O) groups excluding carboxylic acids is 1. The van der Waals surface area contributed by atoms with E-state index >= 15 is 0 Å². The smallest absolute Gasteiger partial charge is 0.257 e. The Morgan fingerprint density at radius 3 is 2.46 bits per heavy atom. The Balaban J connectivity index is 1.79. The first-order chi connectivity index (χ1) is 13.5. The molecule has 0 fully saturated rings. The number of aromatic nitrogens is 1. The number of anilines is 3. The first kappa shape index (κ1) is 19.1. The summed E-state index contributed by atoms with van der Waals surface area (Å²) in [5.41, 5.74) is 1.24. The molecule has 8 heteroatoms. The molecule has 0 saturated carbocycles. The van der Waals surface area contributed by atoms with Crippen LogP contribution in [0.1, 0.15) is 10.4 Å². The second-order valence-electron chi connectivity index (χ2n) is 5.73. The van der Waals surface area contributed by atoms with Gasteiger partial charge in [0.25, 0.3) is 5.91 Å². The third kappa shape index (κ3) is 4.35. The van der Waals surface area contributed by atoms with E-state index in [1.807, 2.05) is 0 Å². The quantitative estimate of drug-likeness (QED) is 0.659. The third-order valence-electron chi connectivity index (χ3n) is 3.87. The lowest BCUT2D eigenvalue weighted by Gasteiger charge is -2.13. The molecule has 144 valence electrons. The zero-order chi connectivity index (χ0) is 20.1. The summed E-state index contributed by atoms with van der Waals surface area (Å²) >= 11 is 0. The number of hydrogen-bond acceptors (Lipinski definition) is 5. The molecule has 2 aromatic carbocycles. The molecule has 1 aromatic heterocycles. The maximum absolute atomic E-state index is 13.7. The molecule has 3 rings (SSSR count). The molecule has 1 amide bonds. The maximum atomic E-state index is 13.7. The van der Waals surface area contributed by atoms with Gasteiger partial charge in [-0.15, -0.1) is 0 Å². The summed E-state index contributed by atoms with van der Waals surface area (Å²) in [5.74, 6) is -0.990. The van der Waals surface area contributed by atoms with Crippen LogP contribution in [-0.4, -0.2) is 25.1 Å². The van der Waals surface area contributed by atoms with Crippen molar-refractivity contribution >= 4 is 23.0 Å². The van der Waals surface area contributed by atoms with Crippen molar-refractivity contribution in [2.24, 2.45) is 0 Å². The highest BCUT2D eigenvalue weighted by atomic mass is 19.1. The van der Waals surface area contributed by atoms with Crippen LogP contribution in [0.3, 0.4) is 0 Å². The minimum Gasteiger partial charge on any atom is -0.497 e. The topological polar surface area (TPSA) is 72.5 Å². The molecule has 0 radical (unpaired) electrons. The van der Waals surface area contributed by atoms with Crippen LogP contribution in [0.4, 0.5) is 25.8 Å². The SMILES string of the molecule is COc1ccc(Nc2cncc(C(=O)Nc3ccc(F)cc3F)c2)c(OC)c1. The molecule has 2 N–H and O–H groups in total. The fourth-order valence-electron chi connectivity index (χ4n) is 2.48. The van der Waals surface area contributed by atoms with Crippen molar-refractivity contribution in [1.82, 2.24) is 4.98 Å². The van der Waals surface area contributed by atoms with E-state index in [-0.39, 0.29) is 11.3 Å². The second-order valence-corrected chi connectivity index (χ2v) is 5.73. The Hall–Kier alpha value is -3.68. The number of hydrogen-bond donors (Lipinski definition) is 2. The fourth-order valence-corrected chi connectivity index (χ4v) is 2.48. The summed E-state index contributed by atoms with van der Waals surface area (Å²) in [4.78, 5) is 16.4. The molecule has 0 aliphatic heterocycles. The van der Waals surface area contributed by atoms with Crippen LogP contribution >= 0.6 is 0 Å². The molecule has 0 unspecified atom stereocenters. The summed E-state index contributed by atoms with van der Waals surface area (Å²) in [5, 5.41) is 5.50. The molecule has 28 heavy (non-hydrogen) atoms. The molecular formula is C20H17F2N3O3. The van der Waals surface area contributed by atoms with Gasteiger partial charge in [0.15, 0.2) is 0 Å². The zero-order valence-corrected chi connectivity index (χ0v) is 15.1. The summed E-state index contributed by atoms with van der Waals surface area (Å²) in [6.07, 6.45) is 2.87. The predicted octanol–water partition coefficient (Wildman–Crippen LogP) is 4.37. The minimum atomic E-state index is -0.862. The predicted molar refractivity (Wildman–Crippen MR) is 101 cm³/mol. The third-order valence-corrected chi connectivity index (χ3v) is 3.87. The number of nitrogens with zero attached hydrogens (tertiary/aromatic N) is 1. The average Bonchev–Trinajstić information content (AvgIpc) is 2.70. The van der Waals surface area contributed by atoms with Crippen molar-refractivity contribution in [3.63, 3.8) is 0 Å². The van der Waals surface area contributed by atoms with Crippen molar-refractivity contribution in [3.8, 4) is 11.5 Å². The van der Waals surface area contributed by atoms with Gasteiger partial charge in [-0.05, 0) is 30.3 Å². The van der Waals surface area contributed by atoms with Crippen molar-refractivity contribution in [1.29, 1.82) is 0 Å². The van der Waals surface area contributed by atoms with E-state index in [4.69, 9.17) is 9.47 Å². The number of nitrogens with one attached hydrogen (secondary N) is 2. The zero-order valence-electron chi connectivity index (χ0n) is 15.1. The van der Waals surface area contributed by atoms with Crippen LogP contribution in [0.15, 0.2) is 54.9 Å². The standard InChI is InChI=1S/C20H17F2N3O3/c1-27-15-4-6-18(19(9-15)28-2)24-14-7-12(10-23-11-14)20(26)25-17-5-3-13(21)8-16(17)22/h3-11,24H,1-2H3,(H,25,26). The molecule has 0 bridgehead atoms. The maximum Gasteiger partial charge on any atom is 0.257 e. The van der Waals surface area contributed by atoms with Crippen LogP contribution in [0.5, 0.6) is 11.5 Å². The minimum absolute atomic E-state index is 0.124. The Morgan fingerprint density at radius 2 is 1.75 bits per heavy atom. The van der Waals surface area contributed by atoms with E-state index < -0.39 is 17.5 Å². The Kier molecular flexibility index (Phi) is 5.69. The molecule has 0 aliphatic rings. The van der Waals surface area contributed by atoms with Crippen molar-refractivity contribution in [3.05, 3.63) is 72.1 Å². The Bertz CT molecular complexity index is 1010. The van der Waals surface area contributed by atoms with Crippen LogP contribution in [-0.2, 0) is 0 Å². The molecular weight excluding hydrogens is 368 g/mol. The lowest BCUT2D eigenvalue weighted by atomic mass is 10.2. The fraction of sp³-hybridized carbons (Fsp3) is 0.100. The number of amides is 1. The van der Waals surface area contributed by atoms with Crippen LogP contribution in [0.2, 0.25) is 0 Å². The molecule has 0 atom stereocenters. The van der Waals surface area contributed by atoms with Gasteiger partial charge in [0.1, 0.15) is 23.1 Å². The molecule has 0 aliphatic carbocycles. The summed E-state index contributed by atoms with van der Waals surface area (Å²) in [7, 11) is 3.08. The largest absolute Gasteiger partial charge is 0.497 e. The number of benzene rings is 2. The van der Waals surface area contributed by atoms with E-state index in [0.717, 1.165) is 12.1 Å². The van der Waals surface area contributed by atoms with Gasteiger partial charge >= 0.3 is 0 Å². The average molecular weight is 385 g/mol. The normalized spacial score (nSPS) is 10.3. The van der Waals surface area contributed by atoms with Gasteiger partial charge in [0.05, 0.1) is 43.0 Å². The Morgan fingerprint density at radius 1 is 0.964 bits per heavy atom. The van der Waals surface area contributed by atoms with Crippen molar-refractivity contribution < 1.29 is 23.0 Å². The van der Waals surface area contributed by atoms with E-state index in [2.05, 4.69) is 15.6 Å². The summed E-state index contributed by atoms with van der Waals surface area (Å²) in [6.45, 7) is 0. The van der Waals surface area contributed by atoms with E-state index in [9.17, 15) is 13.6 Å². The number of ether oxygens (including phenoxy) is 2. The first-order valence-corrected chi connectivity index (χ1v) is 8.20. The van der Waals surface area contributed by atoms with E-state index in [0.29, 0.717) is 28.9 Å². The van der Waals surface area contributed by atoms with Crippen LogP contribution in [0.25, 0.3) is 0 Å². The molecule has 1 heterocycles. The van der Waals surface area contributed by atoms with Crippen LogP contribution in [0, 0.1) is 11.6 Å².